The summed E-state index contributed by atoms with van der Waals surface area (Å²) >= 11 is 1.59. The van der Waals surface area contributed by atoms with E-state index in [1.54, 1.807) is 24.2 Å². The van der Waals surface area contributed by atoms with Crippen LogP contribution in [0, 0.1) is 5.41 Å². The van der Waals surface area contributed by atoms with Crippen LogP contribution in [0.3, 0.4) is 0 Å². The van der Waals surface area contributed by atoms with Crippen molar-refractivity contribution in [3.63, 3.8) is 0 Å². The predicted molar refractivity (Wildman–Crippen MR) is 81.6 cm³/mol. The van der Waals surface area contributed by atoms with Crippen molar-refractivity contribution in [3.8, 4) is 0 Å². The van der Waals surface area contributed by atoms with Gasteiger partial charge in [0.15, 0.2) is 11.7 Å². The van der Waals surface area contributed by atoms with Crippen molar-refractivity contribution < 1.29 is 4.74 Å². The lowest BCUT2D eigenvalue weighted by molar-refractivity contribution is 0.390. The first kappa shape index (κ1) is 14.6. The summed E-state index contributed by atoms with van der Waals surface area (Å²) in [6, 6.07) is 6.05. The monoisotopic (exact) mass is 308 g/mol. The molecular formula is C13H13ClN4OS. The Kier molecular flexibility index (Phi) is 4.46. The minimum absolute atomic E-state index is 0. The van der Waals surface area contributed by atoms with Gasteiger partial charge in [0, 0.05) is 23.7 Å². The minimum atomic E-state index is 0. The first-order valence-corrected chi connectivity index (χ1v) is 6.58. The zero-order valence-corrected chi connectivity index (χ0v) is 12.3. The second-order valence-electron chi connectivity index (χ2n) is 4.07. The number of nitrogens with zero attached hydrogens (tertiary/aromatic N) is 2. The van der Waals surface area contributed by atoms with Crippen LogP contribution in [0.15, 0.2) is 40.5 Å². The topological polar surface area (TPSA) is 70.9 Å². The molecule has 1 aliphatic rings. The lowest BCUT2D eigenvalue weighted by Crippen LogP contribution is -2.06. The van der Waals surface area contributed by atoms with Crippen molar-refractivity contribution >= 4 is 41.6 Å². The van der Waals surface area contributed by atoms with Crippen LogP contribution < -0.4 is 5.32 Å². The van der Waals surface area contributed by atoms with Gasteiger partial charge in [0.05, 0.1) is 12.8 Å². The summed E-state index contributed by atoms with van der Waals surface area (Å²) in [6.07, 6.45) is 3.85. The average molecular weight is 309 g/mol. The van der Waals surface area contributed by atoms with Crippen LogP contribution in [-0.2, 0) is 11.2 Å². The third-order valence-corrected chi connectivity index (χ3v) is 3.85. The molecule has 2 N–H and O–H groups in total. The Morgan fingerprint density at radius 2 is 2.15 bits per heavy atom. The highest BCUT2D eigenvalue weighted by Gasteiger charge is 2.17. The van der Waals surface area contributed by atoms with Gasteiger partial charge in [-0.3, -0.25) is 5.41 Å². The average Bonchev–Trinajstić information content (AvgIpc) is 2.45. The predicted octanol–water partition coefficient (Wildman–Crippen LogP) is 3.27. The highest BCUT2D eigenvalue weighted by atomic mass is 35.5. The first-order chi connectivity index (χ1) is 9.26. The van der Waals surface area contributed by atoms with Gasteiger partial charge >= 0.3 is 0 Å². The van der Waals surface area contributed by atoms with Gasteiger partial charge in [0.1, 0.15) is 5.03 Å². The number of ether oxygens (including phenoxy) is 1. The number of halogens is 1. The van der Waals surface area contributed by atoms with Crippen molar-refractivity contribution in [1.82, 2.24) is 9.97 Å². The number of hydrogen-bond acceptors (Lipinski definition) is 6. The van der Waals surface area contributed by atoms with Gasteiger partial charge in [0.25, 0.3) is 0 Å². The molecule has 5 nitrogen and oxygen atoms in total. The summed E-state index contributed by atoms with van der Waals surface area (Å²) in [4.78, 5) is 9.66. The van der Waals surface area contributed by atoms with Crippen LogP contribution in [0.2, 0.25) is 0 Å². The number of rotatable bonds is 2. The minimum Gasteiger partial charge on any atom is -0.484 e. The summed E-state index contributed by atoms with van der Waals surface area (Å²) in [6.45, 7) is 0. The highest BCUT2D eigenvalue weighted by Crippen LogP contribution is 2.41. The number of benzene rings is 1. The standard InChI is InChI=1S/C13H12N4OS.ClH/c1-18-11(14)7-8-2-3-10-9(6-8)17-12-13(19-10)16-5-4-15-12;/h2-6,14H,7H2,1H3,(H,15,17);1H. The van der Waals surface area contributed by atoms with E-state index < -0.39 is 0 Å². The Hall–Kier alpha value is -1.79. The van der Waals surface area contributed by atoms with E-state index in [0.29, 0.717) is 6.42 Å². The molecule has 20 heavy (non-hydrogen) atoms. The van der Waals surface area contributed by atoms with Crippen LogP contribution >= 0.6 is 24.2 Å². The van der Waals surface area contributed by atoms with Crippen molar-refractivity contribution in [1.29, 1.82) is 5.41 Å². The third kappa shape index (κ3) is 2.86. The van der Waals surface area contributed by atoms with E-state index in [-0.39, 0.29) is 18.3 Å². The second kappa shape index (κ2) is 6.11. The zero-order chi connectivity index (χ0) is 13.2. The number of fused-ring (bicyclic) bond motifs is 2. The molecule has 3 rings (SSSR count). The molecule has 0 aliphatic carbocycles. The van der Waals surface area contributed by atoms with Crippen LogP contribution in [-0.4, -0.2) is 23.0 Å². The van der Waals surface area contributed by atoms with Gasteiger partial charge in [-0.1, -0.05) is 17.8 Å². The molecule has 2 aromatic rings. The Bertz CT molecular complexity index is 650. The molecule has 0 fully saturated rings. The van der Waals surface area contributed by atoms with Crippen LogP contribution in [0.1, 0.15) is 5.56 Å². The summed E-state index contributed by atoms with van der Waals surface area (Å²) in [5.74, 6) is 1.03. The Morgan fingerprint density at radius 3 is 2.95 bits per heavy atom. The summed E-state index contributed by atoms with van der Waals surface area (Å²) < 4.78 is 4.89. The maximum absolute atomic E-state index is 7.56. The van der Waals surface area contributed by atoms with E-state index in [4.69, 9.17) is 10.1 Å². The molecule has 0 saturated carbocycles. The molecule has 0 radical (unpaired) electrons. The third-order valence-electron chi connectivity index (χ3n) is 2.78. The maximum Gasteiger partial charge on any atom is 0.184 e. The Labute approximate surface area is 127 Å². The van der Waals surface area contributed by atoms with Gasteiger partial charge < -0.3 is 10.1 Å². The summed E-state index contributed by atoms with van der Waals surface area (Å²) in [5, 5.41) is 11.7. The zero-order valence-electron chi connectivity index (χ0n) is 10.7. The van der Waals surface area contributed by atoms with Crippen LogP contribution in [0.25, 0.3) is 0 Å². The number of aromatic nitrogens is 2. The van der Waals surface area contributed by atoms with Crippen LogP contribution in [0.5, 0.6) is 0 Å². The fourth-order valence-electron chi connectivity index (χ4n) is 1.85. The van der Waals surface area contributed by atoms with Gasteiger partial charge in [0.2, 0.25) is 0 Å². The Morgan fingerprint density at radius 1 is 1.35 bits per heavy atom. The van der Waals surface area contributed by atoms with Gasteiger partial charge in [-0.25, -0.2) is 9.97 Å². The number of nitrogens with one attached hydrogen (secondary N) is 2. The van der Waals surface area contributed by atoms with Gasteiger partial charge in [-0.15, -0.1) is 12.4 Å². The molecule has 0 bridgehead atoms. The molecule has 0 saturated heterocycles. The molecule has 0 spiro atoms. The molecule has 7 heteroatoms. The first-order valence-electron chi connectivity index (χ1n) is 5.76. The molecule has 0 amide bonds. The smallest absolute Gasteiger partial charge is 0.184 e. The lowest BCUT2D eigenvalue weighted by Gasteiger charge is -2.19. The Balaban J connectivity index is 0.00000147. The number of anilines is 2. The van der Waals surface area contributed by atoms with E-state index in [9.17, 15) is 0 Å². The second-order valence-corrected chi connectivity index (χ2v) is 5.10. The van der Waals surface area contributed by atoms with E-state index >= 15 is 0 Å². The SMILES string of the molecule is COC(=N)Cc1ccc2c(c1)Nc1nccnc1S2.Cl. The molecule has 2 heterocycles. The number of hydrogen-bond donors (Lipinski definition) is 2. The molecule has 104 valence electrons. The summed E-state index contributed by atoms with van der Waals surface area (Å²) in [7, 11) is 1.51. The molecule has 1 aliphatic heterocycles. The normalized spacial score (nSPS) is 11.4. The van der Waals surface area contributed by atoms with Crippen molar-refractivity contribution in [2.24, 2.45) is 0 Å². The number of methoxy groups -OCH3 is 1. The van der Waals surface area contributed by atoms with E-state index in [1.165, 1.54) is 7.11 Å². The van der Waals surface area contributed by atoms with E-state index in [1.807, 2.05) is 18.2 Å². The van der Waals surface area contributed by atoms with Crippen LogP contribution in [0.4, 0.5) is 11.5 Å². The molecular weight excluding hydrogens is 296 g/mol. The van der Waals surface area contributed by atoms with E-state index in [2.05, 4.69) is 15.3 Å². The van der Waals surface area contributed by atoms with E-state index in [0.717, 1.165) is 27.0 Å². The van der Waals surface area contributed by atoms with Gasteiger partial charge in [-0.05, 0) is 17.7 Å². The van der Waals surface area contributed by atoms with Crippen molar-refractivity contribution in [2.45, 2.75) is 16.3 Å². The molecule has 1 aromatic carbocycles. The fourth-order valence-corrected chi connectivity index (χ4v) is 2.73. The quantitative estimate of drug-likeness (QED) is 0.561. The summed E-state index contributed by atoms with van der Waals surface area (Å²) in [5.41, 5.74) is 2.03. The largest absolute Gasteiger partial charge is 0.484 e. The van der Waals surface area contributed by atoms with Crippen molar-refractivity contribution in [3.05, 3.63) is 36.2 Å². The molecule has 0 atom stereocenters. The fraction of sp³-hybridized carbons (Fsp3) is 0.154. The molecule has 1 aromatic heterocycles. The van der Waals surface area contributed by atoms with Crippen molar-refractivity contribution in [2.75, 3.05) is 12.4 Å². The molecule has 0 unspecified atom stereocenters. The lowest BCUT2D eigenvalue weighted by atomic mass is 10.1. The maximum atomic E-state index is 7.56. The van der Waals surface area contributed by atoms with Gasteiger partial charge in [-0.2, -0.15) is 0 Å². The highest BCUT2D eigenvalue weighted by molar-refractivity contribution is 7.99.